The molecule has 0 spiro atoms. The van der Waals surface area contributed by atoms with Gasteiger partial charge in [-0.2, -0.15) is 0 Å². The molecular weight excluding hydrogens is 274 g/mol. The van der Waals surface area contributed by atoms with Gasteiger partial charge in [0, 0.05) is 22.8 Å². The Balaban J connectivity index is 2.10. The Hall–Kier alpha value is -1.07. The van der Waals surface area contributed by atoms with Crippen LogP contribution < -0.4 is 5.32 Å². The second-order valence-corrected chi connectivity index (χ2v) is 7.15. The van der Waals surface area contributed by atoms with Gasteiger partial charge >= 0.3 is 0 Å². The van der Waals surface area contributed by atoms with Crippen LogP contribution in [-0.2, 0) is 13.8 Å². The van der Waals surface area contributed by atoms with Crippen LogP contribution >= 0.6 is 10.7 Å². The summed E-state index contributed by atoms with van der Waals surface area (Å²) in [6.45, 7) is 1.64. The molecule has 6 heteroatoms. The minimum absolute atomic E-state index is 0.0293. The summed E-state index contributed by atoms with van der Waals surface area (Å²) in [5, 5.41) is 2.76. The van der Waals surface area contributed by atoms with E-state index in [9.17, 15) is 13.2 Å². The molecule has 1 aromatic carbocycles. The summed E-state index contributed by atoms with van der Waals surface area (Å²) in [6, 6.07) is 4.57. The van der Waals surface area contributed by atoms with Crippen molar-refractivity contribution in [3.05, 3.63) is 23.8 Å². The molecule has 1 aromatic rings. The van der Waals surface area contributed by atoms with E-state index in [1.54, 1.807) is 19.1 Å². The number of rotatable bonds is 4. The summed E-state index contributed by atoms with van der Waals surface area (Å²) in [5.74, 6) is 0.493. The number of amides is 1. The summed E-state index contributed by atoms with van der Waals surface area (Å²) in [7, 11) is 1.56. The first-order valence-electron chi connectivity index (χ1n) is 5.71. The Kier molecular flexibility index (Phi) is 3.64. The van der Waals surface area contributed by atoms with Crippen LogP contribution in [0.1, 0.15) is 24.8 Å². The van der Waals surface area contributed by atoms with Crippen molar-refractivity contribution in [2.45, 2.75) is 31.1 Å². The maximum atomic E-state index is 11.6. The van der Waals surface area contributed by atoms with Gasteiger partial charge in [-0.15, -0.1) is 0 Å². The third kappa shape index (κ3) is 3.46. The molecule has 0 unspecified atom stereocenters. The van der Waals surface area contributed by atoms with Gasteiger partial charge in [-0.1, -0.05) is 0 Å². The van der Waals surface area contributed by atoms with Crippen LogP contribution in [0.25, 0.3) is 0 Å². The predicted molar refractivity (Wildman–Crippen MR) is 70.2 cm³/mol. The zero-order valence-corrected chi connectivity index (χ0v) is 11.5. The third-order valence-corrected chi connectivity index (χ3v) is 4.37. The molecule has 1 amide bonds. The summed E-state index contributed by atoms with van der Waals surface area (Å²) in [6.07, 6.45) is 2.78. The van der Waals surface area contributed by atoms with E-state index in [4.69, 9.17) is 10.7 Å². The van der Waals surface area contributed by atoms with E-state index in [1.165, 1.54) is 6.07 Å². The Bertz CT molecular complexity index is 579. The Labute approximate surface area is 111 Å². The SMILES string of the molecule is Cc1cc(NC(=O)CC2CC2)ccc1S(=O)(=O)Cl. The van der Waals surface area contributed by atoms with Gasteiger partial charge in [0.1, 0.15) is 0 Å². The molecule has 0 saturated heterocycles. The van der Waals surface area contributed by atoms with Crippen LogP contribution in [0.15, 0.2) is 23.1 Å². The monoisotopic (exact) mass is 287 g/mol. The smallest absolute Gasteiger partial charge is 0.261 e. The second kappa shape index (κ2) is 4.90. The zero-order chi connectivity index (χ0) is 13.3. The number of anilines is 1. The van der Waals surface area contributed by atoms with Crippen molar-refractivity contribution in [1.82, 2.24) is 0 Å². The van der Waals surface area contributed by atoms with E-state index in [-0.39, 0.29) is 10.8 Å². The van der Waals surface area contributed by atoms with Gasteiger partial charge in [-0.25, -0.2) is 8.42 Å². The van der Waals surface area contributed by atoms with Gasteiger partial charge in [0.15, 0.2) is 0 Å². The molecule has 0 radical (unpaired) electrons. The summed E-state index contributed by atoms with van der Waals surface area (Å²) in [4.78, 5) is 11.7. The molecule has 1 fully saturated rings. The van der Waals surface area contributed by atoms with Gasteiger partial charge in [0.05, 0.1) is 4.90 Å². The lowest BCUT2D eigenvalue weighted by Crippen LogP contribution is -2.12. The van der Waals surface area contributed by atoms with Crippen LogP contribution in [0.3, 0.4) is 0 Å². The molecule has 0 bridgehead atoms. The first-order valence-corrected chi connectivity index (χ1v) is 8.02. The van der Waals surface area contributed by atoms with Crippen LogP contribution in [0.2, 0.25) is 0 Å². The number of halogens is 1. The Morgan fingerprint density at radius 1 is 1.44 bits per heavy atom. The quantitative estimate of drug-likeness (QED) is 0.866. The number of hydrogen-bond donors (Lipinski definition) is 1. The van der Waals surface area contributed by atoms with Crippen LogP contribution in [0, 0.1) is 12.8 Å². The van der Waals surface area contributed by atoms with Crippen molar-refractivity contribution in [3.8, 4) is 0 Å². The van der Waals surface area contributed by atoms with Crippen molar-refractivity contribution in [1.29, 1.82) is 0 Å². The molecular formula is C12H14ClNO3S. The molecule has 98 valence electrons. The summed E-state index contributed by atoms with van der Waals surface area (Å²) >= 11 is 0. The van der Waals surface area contributed by atoms with E-state index in [0.717, 1.165) is 12.8 Å². The standard InChI is InChI=1S/C12H14ClNO3S/c1-8-6-10(4-5-11(8)18(13,16)17)14-12(15)7-9-2-3-9/h4-6,9H,2-3,7H2,1H3,(H,14,15). The average Bonchev–Trinajstić information content (AvgIpc) is 2.99. The lowest BCUT2D eigenvalue weighted by atomic mass is 10.2. The lowest BCUT2D eigenvalue weighted by molar-refractivity contribution is -0.116. The van der Waals surface area contributed by atoms with E-state index in [2.05, 4.69) is 5.32 Å². The van der Waals surface area contributed by atoms with E-state index in [1.807, 2.05) is 0 Å². The van der Waals surface area contributed by atoms with Crippen molar-refractivity contribution in [2.24, 2.45) is 5.92 Å². The van der Waals surface area contributed by atoms with E-state index >= 15 is 0 Å². The minimum atomic E-state index is -3.73. The number of hydrogen-bond acceptors (Lipinski definition) is 3. The fourth-order valence-corrected chi connectivity index (χ4v) is 2.99. The second-order valence-electron chi connectivity index (χ2n) is 4.61. The van der Waals surface area contributed by atoms with Gasteiger partial charge in [-0.3, -0.25) is 4.79 Å². The summed E-state index contributed by atoms with van der Waals surface area (Å²) in [5.41, 5.74) is 1.12. The molecule has 0 heterocycles. The number of carbonyl (C=O) groups excluding carboxylic acids is 1. The fraction of sp³-hybridized carbons (Fsp3) is 0.417. The Morgan fingerprint density at radius 2 is 2.11 bits per heavy atom. The number of carbonyl (C=O) groups is 1. The fourth-order valence-electron chi connectivity index (χ4n) is 1.80. The molecule has 0 aromatic heterocycles. The first kappa shape index (κ1) is 13.4. The van der Waals surface area contributed by atoms with Crippen molar-refractivity contribution in [2.75, 3.05) is 5.32 Å². The highest BCUT2D eigenvalue weighted by Gasteiger charge is 2.24. The van der Waals surface area contributed by atoms with Crippen molar-refractivity contribution in [3.63, 3.8) is 0 Å². The predicted octanol–water partition coefficient (Wildman–Crippen LogP) is 2.66. The molecule has 2 rings (SSSR count). The van der Waals surface area contributed by atoms with Gasteiger partial charge in [-0.05, 0) is 49.4 Å². The van der Waals surface area contributed by atoms with Crippen LogP contribution in [0.4, 0.5) is 5.69 Å². The maximum absolute atomic E-state index is 11.6. The minimum Gasteiger partial charge on any atom is -0.326 e. The molecule has 1 aliphatic carbocycles. The number of aryl methyl sites for hydroxylation is 1. The van der Waals surface area contributed by atoms with Crippen molar-refractivity contribution < 1.29 is 13.2 Å². The van der Waals surface area contributed by atoms with Gasteiger partial charge in [0.2, 0.25) is 5.91 Å². The maximum Gasteiger partial charge on any atom is 0.261 e. The molecule has 4 nitrogen and oxygen atoms in total. The van der Waals surface area contributed by atoms with E-state index in [0.29, 0.717) is 23.6 Å². The molecule has 0 atom stereocenters. The largest absolute Gasteiger partial charge is 0.326 e. The van der Waals surface area contributed by atoms with Crippen LogP contribution in [0.5, 0.6) is 0 Å². The molecule has 1 N–H and O–H groups in total. The molecule has 0 aliphatic heterocycles. The van der Waals surface area contributed by atoms with E-state index < -0.39 is 9.05 Å². The molecule has 1 aliphatic rings. The van der Waals surface area contributed by atoms with Gasteiger partial charge < -0.3 is 5.32 Å². The zero-order valence-electron chi connectivity index (χ0n) is 9.94. The average molecular weight is 288 g/mol. The highest BCUT2D eigenvalue weighted by Crippen LogP contribution is 2.32. The number of nitrogens with one attached hydrogen (secondary N) is 1. The number of benzene rings is 1. The van der Waals surface area contributed by atoms with Crippen molar-refractivity contribution >= 4 is 31.3 Å². The first-order chi connectivity index (χ1) is 8.36. The Morgan fingerprint density at radius 3 is 2.61 bits per heavy atom. The molecule has 18 heavy (non-hydrogen) atoms. The normalized spacial score (nSPS) is 15.4. The third-order valence-electron chi connectivity index (χ3n) is 2.89. The highest BCUT2D eigenvalue weighted by molar-refractivity contribution is 8.13. The van der Waals surface area contributed by atoms with Gasteiger partial charge in [0.25, 0.3) is 9.05 Å². The lowest BCUT2D eigenvalue weighted by Gasteiger charge is -2.07. The molecule has 1 saturated carbocycles. The topological polar surface area (TPSA) is 63.2 Å². The van der Waals surface area contributed by atoms with Crippen LogP contribution in [-0.4, -0.2) is 14.3 Å². The highest BCUT2D eigenvalue weighted by atomic mass is 35.7. The summed E-state index contributed by atoms with van der Waals surface area (Å²) < 4.78 is 22.4.